The highest BCUT2D eigenvalue weighted by Crippen LogP contribution is 2.48. The van der Waals surface area contributed by atoms with Crippen LogP contribution in [-0.4, -0.2) is 39.6 Å². The van der Waals surface area contributed by atoms with E-state index in [4.69, 9.17) is 0 Å². The van der Waals surface area contributed by atoms with Crippen molar-refractivity contribution in [3.8, 4) is 0 Å². The minimum atomic E-state index is -4.99. The first-order valence-electron chi connectivity index (χ1n) is 7.25. The molecule has 25 heavy (non-hydrogen) atoms. The van der Waals surface area contributed by atoms with Gasteiger partial charge in [-0.25, -0.2) is 18.6 Å². The first kappa shape index (κ1) is 17.2. The summed E-state index contributed by atoms with van der Waals surface area (Å²) in [5.74, 6) is -6.65. The van der Waals surface area contributed by atoms with Crippen molar-refractivity contribution >= 4 is 23.0 Å². The van der Waals surface area contributed by atoms with E-state index in [1.54, 1.807) is 6.07 Å². The van der Waals surface area contributed by atoms with Crippen LogP contribution in [-0.2, 0) is 15.3 Å². The summed E-state index contributed by atoms with van der Waals surface area (Å²) in [6.07, 6.45) is -3.54. The lowest BCUT2D eigenvalue weighted by Crippen LogP contribution is -2.58. The van der Waals surface area contributed by atoms with Crippen molar-refractivity contribution < 1.29 is 32.2 Å². The highest BCUT2D eigenvalue weighted by molar-refractivity contribution is 5.93. The van der Waals surface area contributed by atoms with Gasteiger partial charge in [0.25, 0.3) is 5.72 Å². The van der Waals surface area contributed by atoms with Crippen LogP contribution in [0.1, 0.15) is 6.92 Å². The molecule has 1 aromatic carbocycles. The maximum atomic E-state index is 14.4. The van der Waals surface area contributed by atoms with Crippen molar-refractivity contribution in [2.45, 2.75) is 25.0 Å². The number of alkyl halides is 4. The largest absolute Gasteiger partial charge is 0.462 e. The zero-order valence-corrected chi connectivity index (χ0v) is 12.8. The maximum Gasteiger partial charge on any atom is 0.358 e. The number of aromatic nitrogens is 2. The molecule has 134 valence electrons. The molecule has 6 nitrogen and oxygen atoms in total. The van der Waals surface area contributed by atoms with Crippen LogP contribution in [0.4, 0.5) is 23.5 Å². The number of hydrogen-bond acceptors (Lipinski definition) is 5. The van der Waals surface area contributed by atoms with Gasteiger partial charge in [-0.1, -0.05) is 12.1 Å². The Balaban J connectivity index is 2.32. The summed E-state index contributed by atoms with van der Waals surface area (Å²) in [7, 11) is 0. The van der Waals surface area contributed by atoms with Crippen LogP contribution in [0.3, 0.4) is 0 Å². The lowest BCUT2D eigenvalue weighted by atomic mass is 9.94. The van der Waals surface area contributed by atoms with E-state index in [1.807, 2.05) is 0 Å². The molecule has 0 fully saturated rings. The summed E-state index contributed by atoms with van der Waals surface area (Å²) >= 11 is 0. The van der Waals surface area contributed by atoms with E-state index < -0.39 is 29.6 Å². The van der Waals surface area contributed by atoms with Crippen LogP contribution < -0.4 is 5.32 Å². The van der Waals surface area contributed by atoms with Crippen molar-refractivity contribution in [1.29, 1.82) is 0 Å². The number of halogens is 4. The van der Waals surface area contributed by atoms with E-state index in [1.165, 1.54) is 25.1 Å². The van der Waals surface area contributed by atoms with Crippen molar-refractivity contribution in [2.75, 3.05) is 11.9 Å². The molecule has 1 aromatic heterocycles. The first-order chi connectivity index (χ1) is 11.7. The van der Waals surface area contributed by atoms with E-state index in [2.05, 4.69) is 15.0 Å². The molecular formula is C15H13F4N3O3. The van der Waals surface area contributed by atoms with Gasteiger partial charge in [0.2, 0.25) is 5.95 Å². The summed E-state index contributed by atoms with van der Waals surface area (Å²) in [4.78, 5) is 16.0. The smallest absolute Gasteiger partial charge is 0.358 e. The zero-order valence-electron chi connectivity index (χ0n) is 12.8. The summed E-state index contributed by atoms with van der Waals surface area (Å²) < 4.78 is 60.2. The first-order valence-corrected chi connectivity index (χ1v) is 7.25. The third-order valence-electron chi connectivity index (χ3n) is 3.84. The van der Waals surface area contributed by atoms with E-state index in [0.29, 0.717) is 10.8 Å². The number of anilines is 1. The summed E-state index contributed by atoms with van der Waals surface area (Å²) in [5, 5.41) is 13.2. The van der Waals surface area contributed by atoms with Crippen LogP contribution in [0, 0.1) is 0 Å². The molecule has 10 heteroatoms. The second-order valence-electron chi connectivity index (χ2n) is 5.28. The molecule has 1 atom stereocenters. The molecule has 1 unspecified atom stereocenters. The lowest BCUT2D eigenvalue weighted by Gasteiger charge is -2.40. The fourth-order valence-electron chi connectivity index (χ4n) is 2.70. The normalized spacial score (nSPS) is 20.2. The van der Waals surface area contributed by atoms with Crippen LogP contribution >= 0.6 is 0 Å². The molecule has 0 bridgehead atoms. The summed E-state index contributed by atoms with van der Waals surface area (Å²) in [5.41, 5.74) is -4.60. The number of fused-ring (bicyclic) bond motifs is 3. The molecule has 0 saturated carbocycles. The quantitative estimate of drug-likeness (QED) is 0.648. The molecule has 0 aliphatic carbocycles. The van der Waals surface area contributed by atoms with E-state index >= 15 is 0 Å². The number of nitrogens with one attached hydrogen (secondary N) is 1. The molecule has 0 spiro atoms. The molecule has 1 aliphatic heterocycles. The van der Waals surface area contributed by atoms with Crippen LogP contribution in [0.15, 0.2) is 36.0 Å². The number of carbonyl (C=O) groups is 1. The van der Waals surface area contributed by atoms with Gasteiger partial charge in [0.15, 0.2) is 0 Å². The van der Waals surface area contributed by atoms with Crippen molar-refractivity contribution in [3.63, 3.8) is 0 Å². The van der Waals surface area contributed by atoms with Gasteiger partial charge in [-0.15, -0.1) is 0 Å². The third kappa shape index (κ3) is 2.28. The Kier molecular flexibility index (Phi) is 3.94. The van der Waals surface area contributed by atoms with Crippen molar-refractivity contribution in [2.24, 2.45) is 0 Å². The van der Waals surface area contributed by atoms with Gasteiger partial charge in [-0.2, -0.15) is 8.78 Å². The topological polar surface area (TPSA) is 76.4 Å². The molecule has 2 heterocycles. The fourth-order valence-corrected chi connectivity index (χ4v) is 2.70. The van der Waals surface area contributed by atoms with Crippen molar-refractivity contribution in [1.82, 2.24) is 9.55 Å². The van der Waals surface area contributed by atoms with Gasteiger partial charge in [0, 0.05) is 6.20 Å². The second kappa shape index (κ2) is 5.73. The maximum absolute atomic E-state index is 14.4. The van der Waals surface area contributed by atoms with Gasteiger partial charge in [0.05, 0.1) is 17.6 Å². The number of para-hydroxylation sites is 2. The fraction of sp³-hybridized carbons (Fsp3) is 0.333. The van der Waals surface area contributed by atoms with E-state index in [-0.39, 0.29) is 23.6 Å². The van der Waals surface area contributed by atoms with Gasteiger partial charge < -0.3 is 15.2 Å². The Labute approximate surface area is 138 Å². The number of nitrogens with zero attached hydrogens (tertiary/aromatic N) is 2. The highest BCUT2D eigenvalue weighted by Gasteiger charge is 2.66. The Morgan fingerprint density at radius 2 is 2.12 bits per heavy atom. The standard InChI is InChI=1S/C15H13F4N3O3/c1-2-25-11(23)8-7-20-13-21-9-5-3-4-6-10(9)22(13)15(8,24)14(18,19)12(16)17/h3-7,12,24H,2H2,1H3,(H,20,21). The number of esters is 1. The molecule has 1 aliphatic rings. The van der Waals surface area contributed by atoms with Gasteiger partial charge in [-0.3, -0.25) is 4.57 Å². The van der Waals surface area contributed by atoms with E-state index in [9.17, 15) is 27.5 Å². The number of rotatable bonds is 4. The number of hydrogen-bond donors (Lipinski definition) is 2. The van der Waals surface area contributed by atoms with Crippen LogP contribution in [0.2, 0.25) is 0 Å². The summed E-state index contributed by atoms with van der Waals surface area (Å²) in [6.45, 7) is 1.22. The Morgan fingerprint density at radius 1 is 1.44 bits per heavy atom. The number of aliphatic hydroxyl groups is 1. The molecule has 0 amide bonds. The average molecular weight is 359 g/mol. The Bertz CT molecular complexity index is 865. The third-order valence-corrected chi connectivity index (χ3v) is 3.84. The van der Waals surface area contributed by atoms with E-state index in [0.717, 1.165) is 0 Å². The second-order valence-corrected chi connectivity index (χ2v) is 5.28. The summed E-state index contributed by atoms with van der Waals surface area (Å²) in [6, 6.07) is 5.79. The monoisotopic (exact) mass is 359 g/mol. The molecule has 2 aromatic rings. The Hall–Kier alpha value is -2.62. The lowest BCUT2D eigenvalue weighted by molar-refractivity contribution is -0.261. The van der Waals surface area contributed by atoms with Crippen LogP contribution in [0.25, 0.3) is 11.0 Å². The predicted octanol–water partition coefficient (Wildman–Crippen LogP) is 2.45. The zero-order chi connectivity index (χ0) is 18.4. The van der Waals surface area contributed by atoms with Crippen molar-refractivity contribution in [3.05, 3.63) is 36.0 Å². The predicted molar refractivity (Wildman–Crippen MR) is 79.2 cm³/mol. The molecule has 0 radical (unpaired) electrons. The number of benzene rings is 1. The van der Waals surface area contributed by atoms with Crippen LogP contribution in [0.5, 0.6) is 0 Å². The number of carbonyl (C=O) groups excluding carboxylic acids is 1. The minimum absolute atomic E-state index is 0.0530. The van der Waals surface area contributed by atoms with Gasteiger partial charge in [-0.05, 0) is 19.1 Å². The molecular weight excluding hydrogens is 346 g/mol. The molecule has 2 N–H and O–H groups in total. The minimum Gasteiger partial charge on any atom is -0.462 e. The Morgan fingerprint density at radius 3 is 2.76 bits per heavy atom. The SMILES string of the molecule is CCOC(=O)C1=CNc2nc3ccccc3n2C1(O)C(F)(F)C(F)F. The average Bonchev–Trinajstić information content (AvgIpc) is 2.94. The highest BCUT2D eigenvalue weighted by atomic mass is 19.3. The number of ether oxygens (including phenoxy) is 1. The molecule has 3 rings (SSSR count). The molecule has 0 saturated heterocycles. The van der Waals surface area contributed by atoms with Gasteiger partial charge in [0.1, 0.15) is 5.57 Å². The van der Waals surface area contributed by atoms with Gasteiger partial charge >= 0.3 is 18.3 Å². The number of imidazole rings is 1.